The quantitative estimate of drug-likeness (QED) is 0.496. The van der Waals surface area contributed by atoms with Gasteiger partial charge in [-0.15, -0.1) is 0 Å². The first-order valence-corrected chi connectivity index (χ1v) is 10.1. The third kappa shape index (κ3) is 4.09. The molecular weight excluding hydrogens is 418 g/mol. The summed E-state index contributed by atoms with van der Waals surface area (Å²) in [6.07, 6.45) is 1.68. The van der Waals surface area contributed by atoms with Gasteiger partial charge in [-0.2, -0.15) is 5.10 Å². The fourth-order valence-electron chi connectivity index (χ4n) is 3.64. The highest BCUT2D eigenvalue weighted by atomic mass is 35.5. The average Bonchev–Trinajstić information content (AvgIpc) is 3.43. The molecule has 0 bridgehead atoms. The van der Waals surface area contributed by atoms with E-state index >= 15 is 0 Å². The summed E-state index contributed by atoms with van der Waals surface area (Å²) in [6.45, 7) is 0.640. The maximum atomic E-state index is 11.6. The Kier molecular flexibility index (Phi) is 5.60. The number of aryl methyl sites for hydroxylation is 1. The fourth-order valence-corrected chi connectivity index (χ4v) is 3.83. The second-order valence-corrected chi connectivity index (χ2v) is 7.80. The molecule has 2 aromatic heterocycles. The average molecular weight is 439 g/mol. The monoisotopic (exact) mass is 438 g/mol. The molecule has 1 fully saturated rings. The molecule has 3 aromatic rings. The van der Waals surface area contributed by atoms with E-state index in [-0.39, 0.29) is 29.1 Å². The van der Waals surface area contributed by atoms with Gasteiger partial charge in [0.1, 0.15) is 11.7 Å². The molecule has 1 unspecified atom stereocenters. The molecule has 0 amide bonds. The van der Waals surface area contributed by atoms with Crippen molar-refractivity contribution in [1.82, 2.24) is 24.7 Å². The Morgan fingerprint density at radius 1 is 1.32 bits per heavy atom. The van der Waals surface area contributed by atoms with Crippen LogP contribution >= 0.6 is 11.6 Å². The van der Waals surface area contributed by atoms with Crippen LogP contribution in [-0.2, 0) is 7.05 Å². The lowest BCUT2D eigenvalue weighted by Crippen LogP contribution is -2.44. The Hall–Kier alpha value is -3.46. The molecule has 1 aromatic carbocycles. The third-order valence-corrected chi connectivity index (χ3v) is 5.56. The number of hydrogen-bond acceptors (Lipinski definition) is 5. The van der Waals surface area contributed by atoms with Gasteiger partial charge in [-0.05, 0) is 36.9 Å². The highest BCUT2D eigenvalue weighted by Crippen LogP contribution is 2.34. The molecule has 3 heterocycles. The Morgan fingerprint density at radius 3 is 2.87 bits per heavy atom. The standard InChI is InChI=1S/C21H21ClN7O2/c1-27(20(23)15-8-9-19(30)28(2)25-15)21(24)29-10-4-7-17(29)16-12-18(31-26-16)13-5-3-6-14(22)11-13/h3,5-6,8-9,11-12,17,24H,4,7,10H2,1-2H3/q-1. The highest BCUT2D eigenvalue weighted by molar-refractivity contribution is 6.30. The van der Waals surface area contributed by atoms with Crippen molar-refractivity contribution < 1.29 is 4.52 Å². The summed E-state index contributed by atoms with van der Waals surface area (Å²) in [5.41, 5.74) is 1.46. The number of guanidine groups is 1. The van der Waals surface area contributed by atoms with Gasteiger partial charge in [-0.1, -0.05) is 35.9 Å². The van der Waals surface area contributed by atoms with Gasteiger partial charge in [0.2, 0.25) is 0 Å². The van der Waals surface area contributed by atoms with Crippen LogP contribution in [0.5, 0.6) is 0 Å². The number of nitrogens with one attached hydrogen (secondary N) is 1. The Morgan fingerprint density at radius 2 is 2.13 bits per heavy atom. The molecule has 1 aliphatic heterocycles. The van der Waals surface area contributed by atoms with Crippen molar-refractivity contribution in [3.05, 3.63) is 74.6 Å². The van der Waals surface area contributed by atoms with Crippen LogP contribution in [0.1, 0.15) is 30.3 Å². The molecule has 0 spiro atoms. The molecule has 1 atom stereocenters. The smallest absolute Gasteiger partial charge is 0.266 e. The maximum Gasteiger partial charge on any atom is 0.266 e. The van der Waals surface area contributed by atoms with E-state index in [1.165, 1.54) is 24.1 Å². The van der Waals surface area contributed by atoms with Crippen LogP contribution < -0.4 is 5.56 Å². The second-order valence-electron chi connectivity index (χ2n) is 7.36. The van der Waals surface area contributed by atoms with Gasteiger partial charge in [-0.3, -0.25) is 10.2 Å². The van der Waals surface area contributed by atoms with Crippen molar-refractivity contribution in [3.8, 4) is 11.3 Å². The zero-order chi connectivity index (χ0) is 22.1. The van der Waals surface area contributed by atoms with Crippen molar-refractivity contribution in [2.45, 2.75) is 18.9 Å². The first kappa shape index (κ1) is 20.8. The Labute approximate surface area is 183 Å². The van der Waals surface area contributed by atoms with Gasteiger partial charge in [0, 0.05) is 36.3 Å². The summed E-state index contributed by atoms with van der Waals surface area (Å²) in [5.74, 6) is 0.488. The van der Waals surface area contributed by atoms with Crippen LogP contribution in [0.2, 0.25) is 5.02 Å². The summed E-state index contributed by atoms with van der Waals surface area (Å²) < 4.78 is 6.66. The van der Waals surface area contributed by atoms with Crippen LogP contribution in [0.4, 0.5) is 0 Å². The van der Waals surface area contributed by atoms with E-state index < -0.39 is 0 Å². The molecule has 9 nitrogen and oxygen atoms in total. The van der Waals surface area contributed by atoms with Crippen LogP contribution in [0, 0.1) is 5.41 Å². The van der Waals surface area contributed by atoms with Crippen LogP contribution in [0.15, 0.2) is 51.8 Å². The number of hydrogen-bond donors (Lipinski definition) is 1. The van der Waals surface area contributed by atoms with Gasteiger partial charge < -0.3 is 19.7 Å². The minimum atomic E-state index is -0.282. The number of benzene rings is 1. The molecule has 4 rings (SSSR count). The number of likely N-dealkylation sites (tertiary alicyclic amines) is 1. The summed E-state index contributed by atoms with van der Waals surface area (Å²) >= 11 is 6.07. The van der Waals surface area contributed by atoms with Crippen molar-refractivity contribution in [3.63, 3.8) is 0 Å². The van der Waals surface area contributed by atoms with Crippen LogP contribution in [0.3, 0.4) is 0 Å². The van der Waals surface area contributed by atoms with Gasteiger partial charge in [0.05, 0.1) is 11.7 Å². The largest absolute Gasteiger partial charge is 0.463 e. The fraction of sp³-hybridized carbons (Fsp3) is 0.286. The van der Waals surface area contributed by atoms with E-state index in [1.54, 1.807) is 19.2 Å². The topological polar surface area (TPSA) is 114 Å². The van der Waals surface area contributed by atoms with Gasteiger partial charge in [0.15, 0.2) is 5.76 Å². The molecular formula is C21H21ClN7O2-. The normalized spacial score (nSPS) is 15.8. The summed E-state index contributed by atoms with van der Waals surface area (Å²) in [4.78, 5) is 14.7. The lowest BCUT2D eigenvalue weighted by Gasteiger charge is -2.37. The Bertz CT molecular complexity index is 1200. The van der Waals surface area contributed by atoms with E-state index in [0.717, 1.165) is 23.1 Å². The van der Waals surface area contributed by atoms with Crippen molar-refractivity contribution in [2.75, 3.05) is 13.6 Å². The maximum absolute atomic E-state index is 11.6. The third-order valence-electron chi connectivity index (χ3n) is 5.33. The number of rotatable bonds is 3. The summed E-state index contributed by atoms with van der Waals surface area (Å²) in [5, 5.41) is 28.1. The first-order chi connectivity index (χ1) is 14.8. The molecule has 160 valence electrons. The minimum absolute atomic E-state index is 0.1000. The Balaban J connectivity index is 1.54. The first-order valence-electron chi connectivity index (χ1n) is 9.77. The van der Waals surface area contributed by atoms with Crippen LogP contribution in [-0.4, -0.2) is 50.1 Å². The molecule has 0 saturated carbocycles. The van der Waals surface area contributed by atoms with E-state index in [9.17, 15) is 10.2 Å². The van der Waals surface area contributed by atoms with Gasteiger partial charge in [-0.25, -0.2) is 4.68 Å². The van der Waals surface area contributed by atoms with E-state index in [0.29, 0.717) is 23.0 Å². The van der Waals surface area contributed by atoms with Crippen molar-refractivity contribution in [2.24, 2.45) is 7.05 Å². The van der Waals surface area contributed by atoms with Gasteiger partial charge in [0.25, 0.3) is 5.56 Å². The SMILES string of the molecule is CN(C(=[N-])c1ccc(=O)n(C)n1)C(=N)N1CCCC1c1cc(-c2cccc(Cl)c2)on1. The molecule has 1 N–H and O–H groups in total. The van der Waals surface area contributed by atoms with Crippen molar-refractivity contribution in [1.29, 1.82) is 5.41 Å². The van der Waals surface area contributed by atoms with Crippen molar-refractivity contribution >= 4 is 23.4 Å². The number of aromatic nitrogens is 3. The molecule has 1 aliphatic rings. The van der Waals surface area contributed by atoms with E-state index in [4.69, 9.17) is 21.5 Å². The zero-order valence-electron chi connectivity index (χ0n) is 17.1. The predicted molar refractivity (Wildman–Crippen MR) is 118 cm³/mol. The number of amidine groups is 1. The lowest BCUT2D eigenvalue weighted by molar-refractivity contribution is 0.336. The molecule has 0 radical (unpaired) electrons. The lowest BCUT2D eigenvalue weighted by atomic mass is 10.1. The van der Waals surface area contributed by atoms with E-state index in [1.807, 2.05) is 23.1 Å². The van der Waals surface area contributed by atoms with E-state index in [2.05, 4.69) is 10.3 Å². The molecule has 1 saturated heterocycles. The van der Waals surface area contributed by atoms with Crippen LogP contribution in [0.25, 0.3) is 16.7 Å². The second kappa shape index (κ2) is 8.35. The molecule has 0 aliphatic carbocycles. The predicted octanol–water partition coefficient (Wildman–Crippen LogP) is 3.11. The summed E-state index contributed by atoms with van der Waals surface area (Å²) in [7, 11) is 3.09. The number of nitrogens with zero attached hydrogens (tertiary/aromatic N) is 6. The molecule has 10 heteroatoms. The zero-order valence-corrected chi connectivity index (χ0v) is 17.9. The highest BCUT2D eigenvalue weighted by Gasteiger charge is 2.31. The van der Waals surface area contributed by atoms with Gasteiger partial charge >= 0.3 is 0 Å². The minimum Gasteiger partial charge on any atom is -0.463 e. The molecule has 31 heavy (non-hydrogen) atoms. The summed E-state index contributed by atoms with van der Waals surface area (Å²) in [6, 6.07) is 11.8. The number of halogens is 1.